The van der Waals surface area contributed by atoms with E-state index in [0.29, 0.717) is 28.3 Å². The Balaban J connectivity index is 1.68. The van der Waals surface area contributed by atoms with E-state index in [1.165, 1.54) is 31.7 Å². The lowest BCUT2D eigenvalue weighted by Crippen LogP contribution is -2.20. The number of aromatic nitrogens is 1. The molecule has 0 radical (unpaired) electrons. The summed E-state index contributed by atoms with van der Waals surface area (Å²) in [4.78, 5) is 16.2. The fraction of sp³-hybridized carbons (Fsp3) is 0.217. The summed E-state index contributed by atoms with van der Waals surface area (Å²) >= 11 is 0. The maximum Gasteiger partial charge on any atom is 0.422 e. The number of hydrogen-bond donors (Lipinski definition) is 0. The number of ketones is 1. The van der Waals surface area contributed by atoms with Gasteiger partial charge in [-0.05, 0) is 48.9 Å². The highest BCUT2D eigenvalue weighted by Gasteiger charge is 2.28. The minimum Gasteiger partial charge on any atom is -0.493 e. The van der Waals surface area contributed by atoms with E-state index in [0.717, 1.165) is 0 Å². The van der Waals surface area contributed by atoms with Crippen LogP contribution in [0.5, 0.6) is 17.2 Å². The molecular formula is C23H20F3NO5. The number of pyridine rings is 1. The van der Waals surface area contributed by atoms with Gasteiger partial charge in [-0.3, -0.25) is 9.78 Å². The van der Waals surface area contributed by atoms with Crippen LogP contribution in [0.15, 0.2) is 59.4 Å². The van der Waals surface area contributed by atoms with Crippen molar-refractivity contribution in [1.29, 1.82) is 0 Å². The molecule has 0 aliphatic heterocycles. The number of allylic oxidation sites excluding steroid dienone is 1. The lowest BCUT2D eigenvalue weighted by molar-refractivity contribution is -0.153. The van der Waals surface area contributed by atoms with Crippen LogP contribution < -0.4 is 14.2 Å². The van der Waals surface area contributed by atoms with E-state index in [9.17, 15) is 18.0 Å². The van der Waals surface area contributed by atoms with Gasteiger partial charge in [0.1, 0.15) is 12.4 Å². The second-order valence-corrected chi connectivity index (χ2v) is 6.66. The largest absolute Gasteiger partial charge is 0.493 e. The molecule has 168 valence electrons. The van der Waals surface area contributed by atoms with Crippen molar-refractivity contribution < 1.29 is 36.6 Å². The highest BCUT2D eigenvalue weighted by atomic mass is 19.4. The zero-order valence-corrected chi connectivity index (χ0v) is 17.3. The van der Waals surface area contributed by atoms with Gasteiger partial charge < -0.3 is 18.6 Å². The maximum atomic E-state index is 12.4. The third-order valence-corrected chi connectivity index (χ3v) is 4.39. The van der Waals surface area contributed by atoms with Crippen LogP contribution in [0.4, 0.5) is 13.2 Å². The van der Waals surface area contributed by atoms with Crippen molar-refractivity contribution in [1.82, 2.24) is 4.98 Å². The van der Waals surface area contributed by atoms with Gasteiger partial charge in [-0.25, -0.2) is 0 Å². The Bertz CT molecular complexity index is 1090. The first-order valence-corrected chi connectivity index (χ1v) is 9.47. The van der Waals surface area contributed by atoms with Gasteiger partial charge >= 0.3 is 6.18 Å². The lowest BCUT2D eigenvalue weighted by atomic mass is 10.1. The second kappa shape index (κ2) is 10.0. The molecule has 2 aromatic heterocycles. The molecule has 0 fully saturated rings. The summed E-state index contributed by atoms with van der Waals surface area (Å²) in [6.45, 7) is 0.222. The van der Waals surface area contributed by atoms with Crippen LogP contribution in [0.3, 0.4) is 0 Å². The van der Waals surface area contributed by atoms with Gasteiger partial charge in [0.2, 0.25) is 5.78 Å². The van der Waals surface area contributed by atoms with Crippen molar-refractivity contribution >= 4 is 11.9 Å². The minimum absolute atomic E-state index is 0.00240. The summed E-state index contributed by atoms with van der Waals surface area (Å²) in [6, 6.07) is 9.65. The van der Waals surface area contributed by atoms with E-state index in [-0.39, 0.29) is 23.9 Å². The molecule has 0 atom stereocenters. The molecule has 1 aromatic carbocycles. The molecule has 0 N–H and O–H groups in total. The van der Waals surface area contributed by atoms with Crippen LogP contribution >= 0.6 is 0 Å². The molecule has 2 heterocycles. The highest BCUT2D eigenvalue weighted by Crippen LogP contribution is 2.30. The topological polar surface area (TPSA) is 70.8 Å². The SMILES string of the molecule is COc1cc(/C=C/C(=O)c2ccco2)ccc1OCc1nccc(OCC(F)(F)F)c1C. The average molecular weight is 447 g/mol. The second-order valence-electron chi connectivity index (χ2n) is 6.66. The predicted molar refractivity (Wildman–Crippen MR) is 110 cm³/mol. The van der Waals surface area contributed by atoms with Crippen molar-refractivity contribution in [3.8, 4) is 17.2 Å². The van der Waals surface area contributed by atoms with Crippen molar-refractivity contribution in [3.05, 3.63) is 77.5 Å². The Labute approximate surface area is 182 Å². The third-order valence-electron chi connectivity index (χ3n) is 4.39. The molecule has 3 aromatic rings. The van der Waals surface area contributed by atoms with Gasteiger partial charge in [-0.1, -0.05) is 12.1 Å². The van der Waals surface area contributed by atoms with E-state index >= 15 is 0 Å². The molecule has 9 heteroatoms. The van der Waals surface area contributed by atoms with Gasteiger partial charge in [-0.2, -0.15) is 13.2 Å². The monoisotopic (exact) mass is 447 g/mol. The first-order chi connectivity index (χ1) is 15.3. The van der Waals surface area contributed by atoms with E-state index in [1.807, 2.05) is 0 Å². The summed E-state index contributed by atoms with van der Waals surface area (Å²) in [5.41, 5.74) is 1.58. The molecule has 6 nitrogen and oxygen atoms in total. The minimum atomic E-state index is -4.43. The molecule has 0 unspecified atom stereocenters. The first kappa shape index (κ1) is 22.9. The number of halogens is 3. The molecule has 0 aliphatic carbocycles. The van der Waals surface area contributed by atoms with Crippen LogP contribution in [0, 0.1) is 6.92 Å². The Hall–Kier alpha value is -3.75. The molecule has 0 spiro atoms. The summed E-state index contributed by atoms with van der Waals surface area (Å²) in [5, 5.41) is 0. The number of nitrogens with zero attached hydrogens (tertiary/aromatic N) is 1. The molecule has 3 rings (SSSR count). The van der Waals surface area contributed by atoms with Gasteiger partial charge in [-0.15, -0.1) is 0 Å². The Morgan fingerprint density at radius 2 is 1.94 bits per heavy atom. The van der Waals surface area contributed by atoms with E-state index in [1.54, 1.807) is 43.3 Å². The van der Waals surface area contributed by atoms with Gasteiger partial charge in [0.15, 0.2) is 23.9 Å². The predicted octanol–water partition coefficient (Wildman–Crippen LogP) is 5.41. The number of hydrogen-bond acceptors (Lipinski definition) is 6. The number of carbonyl (C=O) groups excluding carboxylic acids is 1. The smallest absolute Gasteiger partial charge is 0.422 e. The van der Waals surface area contributed by atoms with Crippen LogP contribution in [0.2, 0.25) is 0 Å². The van der Waals surface area contributed by atoms with Crippen LogP contribution in [-0.2, 0) is 6.61 Å². The van der Waals surface area contributed by atoms with Crippen LogP contribution in [-0.4, -0.2) is 30.7 Å². The average Bonchev–Trinajstić information content (AvgIpc) is 3.30. The molecule has 32 heavy (non-hydrogen) atoms. The number of carbonyl (C=O) groups is 1. The molecule has 0 bridgehead atoms. The fourth-order valence-corrected chi connectivity index (χ4v) is 2.75. The van der Waals surface area contributed by atoms with Crippen molar-refractivity contribution in [3.63, 3.8) is 0 Å². The van der Waals surface area contributed by atoms with E-state index in [4.69, 9.17) is 18.6 Å². The number of furan rings is 1. The zero-order valence-electron chi connectivity index (χ0n) is 17.3. The molecule has 0 saturated carbocycles. The van der Waals surface area contributed by atoms with Gasteiger partial charge in [0.25, 0.3) is 0 Å². The maximum absolute atomic E-state index is 12.4. The number of methoxy groups -OCH3 is 1. The standard InChI is InChI=1S/C23H20F3NO5/c1-15-17(27-10-9-19(15)32-14-23(24,25)26)13-31-21-8-6-16(12-22(21)29-2)5-7-18(28)20-4-3-11-30-20/h3-12H,13-14H2,1-2H3/b7-5+. The van der Waals surface area contributed by atoms with Gasteiger partial charge in [0, 0.05) is 11.8 Å². The van der Waals surface area contributed by atoms with Crippen LogP contribution in [0.1, 0.15) is 27.4 Å². The van der Waals surface area contributed by atoms with Crippen molar-refractivity contribution in [2.45, 2.75) is 19.7 Å². The molecule has 0 amide bonds. The number of rotatable bonds is 9. The normalized spacial score (nSPS) is 11.5. The van der Waals surface area contributed by atoms with Crippen molar-refractivity contribution in [2.75, 3.05) is 13.7 Å². The molecular weight excluding hydrogens is 427 g/mol. The Morgan fingerprint density at radius 3 is 2.62 bits per heavy atom. The van der Waals surface area contributed by atoms with E-state index in [2.05, 4.69) is 4.98 Å². The molecule has 0 saturated heterocycles. The van der Waals surface area contributed by atoms with Gasteiger partial charge in [0.05, 0.1) is 19.1 Å². The third kappa shape index (κ3) is 6.13. The number of ether oxygens (including phenoxy) is 3. The number of benzene rings is 1. The summed E-state index contributed by atoms with van der Waals surface area (Å²) in [6.07, 6.45) is 1.35. The number of alkyl halides is 3. The summed E-state index contributed by atoms with van der Waals surface area (Å²) in [7, 11) is 1.47. The Morgan fingerprint density at radius 1 is 1.12 bits per heavy atom. The molecule has 0 aliphatic rings. The first-order valence-electron chi connectivity index (χ1n) is 9.47. The van der Waals surface area contributed by atoms with E-state index < -0.39 is 12.8 Å². The summed E-state index contributed by atoms with van der Waals surface area (Å²) < 4.78 is 58.3. The van der Waals surface area contributed by atoms with Crippen molar-refractivity contribution in [2.24, 2.45) is 0 Å². The Kier molecular flexibility index (Phi) is 7.19. The summed E-state index contributed by atoms with van der Waals surface area (Å²) in [5.74, 6) is 0.870. The fourth-order valence-electron chi connectivity index (χ4n) is 2.75. The lowest BCUT2D eigenvalue weighted by Gasteiger charge is -2.15. The zero-order chi connectivity index (χ0) is 23.1. The quantitative estimate of drug-likeness (QED) is 0.323. The van der Waals surface area contributed by atoms with Crippen LogP contribution in [0.25, 0.3) is 6.08 Å². The highest BCUT2D eigenvalue weighted by molar-refractivity contribution is 6.04.